The first kappa shape index (κ1) is 14.5. The van der Waals surface area contributed by atoms with E-state index in [1.165, 1.54) is 25.9 Å². The summed E-state index contributed by atoms with van der Waals surface area (Å²) in [5.41, 5.74) is 2.32. The molecule has 4 aliphatic rings. The average molecular weight is 361 g/mol. The van der Waals surface area contributed by atoms with E-state index in [0.29, 0.717) is 12.0 Å². The van der Waals surface area contributed by atoms with Crippen LogP contribution in [0.2, 0.25) is 0 Å². The molecule has 1 aromatic carbocycles. The van der Waals surface area contributed by atoms with Crippen molar-refractivity contribution in [2.24, 2.45) is 5.92 Å². The van der Waals surface area contributed by atoms with Gasteiger partial charge in [0.2, 0.25) is 5.91 Å². The van der Waals surface area contributed by atoms with Crippen LogP contribution in [0.1, 0.15) is 36.3 Å². The Labute approximate surface area is 139 Å². The molecule has 1 N–H and O–H groups in total. The summed E-state index contributed by atoms with van der Waals surface area (Å²) in [6.07, 6.45) is 7.52. The number of halogens is 1. The Morgan fingerprint density at radius 3 is 2.82 bits per heavy atom. The number of carbonyl (C=O) groups excluding carboxylic acids is 1. The van der Waals surface area contributed by atoms with Crippen molar-refractivity contribution in [3.63, 3.8) is 0 Å². The van der Waals surface area contributed by atoms with Crippen LogP contribution in [0.3, 0.4) is 0 Å². The maximum atomic E-state index is 12.8. The highest BCUT2D eigenvalue weighted by atomic mass is 79.9. The lowest BCUT2D eigenvalue weighted by molar-refractivity contribution is -0.124. The predicted molar refractivity (Wildman–Crippen MR) is 91.6 cm³/mol. The van der Waals surface area contributed by atoms with Gasteiger partial charge in [0.25, 0.3) is 0 Å². The van der Waals surface area contributed by atoms with Gasteiger partial charge in [0.15, 0.2) is 0 Å². The van der Waals surface area contributed by atoms with Gasteiger partial charge in [-0.15, -0.1) is 0 Å². The van der Waals surface area contributed by atoms with E-state index < -0.39 is 0 Å². The number of piperidine rings is 3. The Morgan fingerprint density at radius 1 is 1.27 bits per heavy atom. The van der Waals surface area contributed by atoms with Crippen molar-refractivity contribution in [3.8, 4) is 0 Å². The number of amides is 1. The van der Waals surface area contributed by atoms with Crippen molar-refractivity contribution in [2.45, 2.75) is 31.2 Å². The monoisotopic (exact) mass is 360 g/mol. The summed E-state index contributed by atoms with van der Waals surface area (Å²) in [5, 5.41) is 3.35. The van der Waals surface area contributed by atoms with Gasteiger partial charge in [-0.3, -0.25) is 4.79 Å². The van der Waals surface area contributed by atoms with Crippen LogP contribution in [0.25, 0.3) is 6.08 Å². The smallest absolute Gasteiger partial charge is 0.228 e. The van der Waals surface area contributed by atoms with Gasteiger partial charge in [0, 0.05) is 17.1 Å². The van der Waals surface area contributed by atoms with Gasteiger partial charge in [0.1, 0.15) is 0 Å². The summed E-state index contributed by atoms with van der Waals surface area (Å²) < 4.78 is 1.06. The molecular formula is C18H21BrN2O. The molecule has 3 nitrogen and oxygen atoms in total. The first-order valence-corrected chi connectivity index (χ1v) is 8.99. The average Bonchev–Trinajstić information content (AvgIpc) is 2.55. The molecule has 3 aliphatic heterocycles. The third-order valence-electron chi connectivity index (χ3n) is 5.39. The zero-order valence-corrected chi connectivity index (χ0v) is 14.2. The molecule has 0 saturated carbocycles. The minimum atomic E-state index is -0.0384. The normalized spacial score (nSPS) is 32.6. The first-order chi connectivity index (χ1) is 10.7. The number of benzene rings is 1. The van der Waals surface area contributed by atoms with E-state index in [4.69, 9.17) is 0 Å². The second kappa shape index (κ2) is 5.82. The van der Waals surface area contributed by atoms with Crippen molar-refractivity contribution in [1.82, 2.24) is 10.2 Å². The molecule has 22 heavy (non-hydrogen) atoms. The van der Waals surface area contributed by atoms with Gasteiger partial charge in [0.05, 0.1) is 5.92 Å². The minimum Gasteiger partial charge on any atom is -0.351 e. The fraction of sp³-hybridized carbons (Fsp3) is 0.500. The Kier molecular flexibility index (Phi) is 3.82. The SMILES string of the molecule is O=C(N[C@@H]1CN2CCC1CC2)[C@H]1CC=Cc2cc(Br)ccc21. The van der Waals surface area contributed by atoms with Crippen LogP contribution < -0.4 is 5.32 Å². The van der Waals surface area contributed by atoms with Gasteiger partial charge >= 0.3 is 0 Å². The Morgan fingerprint density at radius 2 is 2.09 bits per heavy atom. The molecule has 0 aromatic heterocycles. The van der Waals surface area contributed by atoms with Gasteiger partial charge in [-0.25, -0.2) is 0 Å². The fourth-order valence-electron chi connectivity index (χ4n) is 4.13. The number of fused-ring (bicyclic) bond motifs is 4. The lowest BCUT2D eigenvalue weighted by Gasteiger charge is -2.45. The molecule has 1 aromatic rings. The van der Waals surface area contributed by atoms with Crippen molar-refractivity contribution < 1.29 is 4.79 Å². The van der Waals surface area contributed by atoms with Crippen molar-refractivity contribution >= 4 is 27.9 Å². The quantitative estimate of drug-likeness (QED) is 0.878. The second-order valence-corrected chi connectivity index (χ2v) is 7.63. The van der Waals surface area contributed by atoms with E-state index in [0.717, 1.165) is 28.6 Å². The summed E-state index contributed by atoms with van der Waals surface area (Å²) >= 11 is 3.51. The largest absolute Gasteiger partial charge is 0.351 e. The van der Waals surface area contributed by atoms with Crippen LogP contribution in [0.15, 0.2) is 28.7 Å². The molecule has 3 saturated heterocycles. The van der Waals surface area contributed by atoms with Crippen LogP contribution in [0, 0.1) is 5.92 Å². The molecule has 0 unspecified atom stereocenters. The molecule has 0 radical (unpaired) electrons. The summed E-state index contributed by atoms with van der Waals surface area (Å²) in [7, 11) is 0. The van der Waals surface area contributed by atoms with Gasteiger partial charge in [-0.1, -0.05) is 34.1 Å². The lowest BCUT2D eigenvalue weighted by atomic mass is 9.82. The molecule has 2 atom stereocenters. The summed E-state index contributed by atoms with van der Waals surface area (Å²) in [6.45, 7) is 3.45. The van der Waals surface area contributed by atoms with E-state index in [9.17, 15) is 4.79 Å². The van der Waals surface area contributed by atoms with Crippen LogP contribution in [0.5, 0.6) is 0 Å². The lowest BCUT2D eigenvalue weighted by Crippen LogP contribution is -2.57. The number of rotatable bonds is 2. The molecule has 5 rings (SSSR count). The molecular weight excluding hydrogens is 340 g/mol. The van der Waals surface area contributed by atoms with Crippen molar-refractivity contribution in [3.05, 3.63) is 39.9 Å². The molecule has 3 fully saturated rings. The maximum Gasteiger partial charge on any atom is 0.228 e. The van der Waals surface area contributed by atoms with Gasteiger partial charge < -0.3 is 10.2 Å². The predicted octanol–water partition coefficient (Wildman–Crippen LogP) is 3.16. The number of hydrogen-bond acceptors (Lipinski definition) is 2. The van der Waals surface area contributed by atoms with Crippen LogP contribution in [-0.2, 0) is 4.79 Å². The van der Waals surface area contributed by atoms with Crippen LogP contribution in [-0.4, -0.2) is 36.5 Å². The van der Waals surface area contributed by atoms with Crippen LogP contribution >= 0.6 is 15.9 Å². The number of nitrogens with zero attached hydrogens (tertiary/aromatic N) is 1. The maximum absolute atomic E-state index is 12.8. The second-order valence-electron chi connectivity index (χ2n) is 6.72. The number of hydrogen-bond donors (Lipinski definition) is 1. The van der Waals surface area contributed by atoms with Gasteiger partial charge in [-0.05, 0) is 61.5 Å². The van der Waals surface area contributed by atoms with Crippen molar-refractivity contribution in [1.29, 1.82) is 0 Å². The molecule has 2 bridgehead atoms. The highest BCUT2D eigenvalue weighted by Gasteiger charge is 2.36. The molecule has 1 aliphatic carbocycles. The highest BCUT2D eigenvalue weighted by molar-refractivity contribution is 9.10. The minimum absolute atomic E-state index is 0.0384. The van der Waals surface area contributed by atoms with E-state index in [1.54, 1.807) is 0 Å². The molecule has 1 amide bonds. The Balaban J connectivity index is 1.51. The standard InChI is InChI=1S/C18H21BrN2O/c19-14-4-5-15-13(10-14)2-1-3-16(15)18(22)20-17-11-21-8-6-12(17)7-9-21/h1-2,4-5,10,12,16-17H,3,6-9,11H2,(H,20,22)/t16-,17+/m0/s1. The topological polar surface area (TPSA) is 32.3 Å². The third-order valence-corrected chi connectivity index (χ3v) is 5.89. The third kappa shape index (κ3) is 2.63. The fourth-order valence-corrected chi connectivity index (χ4v) is 4.50. The summed E-state index contributed by atoms with van der Waals surface area (Å²) in [4.78, 5) is 15.3. The molecule has 4 heteroatoms. The first-order valence-electron chi connectivity index (χ1n) is 8.19. The number of carbonyl (C=O) groups is 1. The Bertz CT molecular complexity index is 620. The number of nitrogens with one attached hydrogen (secondary N) is 1. The van der Waals surface area contributed by atoms with E-state index in [-0.39, 0.29) is 11.8 Å². The molecule has 3 heterocycles. The summed E-state index contributed by atoms with van der Waals surface area (Å²) in [6, 6.07) is 6.57. The molecule has 116 valence electrons. The van der Waals surface area contributed by atoms with Crippen molar-refractivity contribution in [2.75, 3.05) is 19.6 Å². The Hall–Kier alpha value is -1.13. The zero-order chi connectivity index (χ0) is 15.1. The van der Waals surface area contributed by atoms with Crippen LogP contribution in [0.4, 0.5) is 0 Å². The zero-order valence-electron chi connectivity index (χ0n) is 12.6. The van der Waals surface area contributed by atoms with E-state index in [1.807, 2.05) is 6.07 Å². The highest BCUT2D eigenvalue weighted by Crippen LogP contribution is 2.33. The summed E-state index contributed by atoms with van der Waals surface area (Å²) in [5.74, 6) is 0.840. The molecule has 0 spiro atoms. The van der Waals surface area contributed by atoms with E-state index in [2.05, 4.69) is 50.4 Å². The van der Waals surface area contributed by atoms with E-state index >= 15 is 0 Å². The number of allylic oxidation sites excluding steroid dienone is 1. The van der Waals surface area contributed by atoms with Gasteiger partial charge in [-0.2, -0.15) is 0 Å².